The van der Waals surface area contributed by atoms with Gasteiger partial charge in [-0.1, -0.05) is 109 Å². The van der Waals surface area contributed by atoms with Crippen molar-refractivity contribution in [3.05, 3.63) is 143 Å². The van der Waals surface area contributed by atoms with E-state index in [-0.39, 0.29) is 0 Å². The van der Waals surface area contributed by atoms with Crippen LogP contribution in [0, 0.1) is 6.92 Å². The molecule has 0 N–H and O–H groups in total. The zero-order valence-electron chi connectivity index (χ0n) is 17.2. The Labute approximate surface area is 177 Å². The van der Waals surface area contributed by atoms with Gasteiger partial charge in [0.25, 0.3) is 0 Å². The van der Waals surface area contributed by atoms with Crippen molar-refractivity contribution < 1.29 is 9.47 Å². The fourth-order valence-electron chi connectivity index (χ4n) is 4.75. The first kappa shape index (κ1) is 18.8. The van der Waals surface area contributed by atoms with Crippen molar-refractivity contribution in [1.29, 1.82) is 0 Å². The first-order chi connectivity index (χ1) is 14.7. The van der Waals surface area contributed by atoms with Gasteiger partial charge in [-0.05, 0) is 23.6 Å². The number of aryl methyl sites for hydroxylation is 1. The van der Waals surface area contributed by atoms with Gasteiger partial charge in [-0.25, -0.2) is 0 Å². The minimum atomic E-state index is -1.01. The SMILES string of the molecule is COC1(c2ccccc2C)OC(c2ccccc2)(c2ccccc2)c2ccccc21. The van der Waals surface area contributed by atoms with Crippen molar-refractivity contribution in [1.82, 2.24) is 0 Å². The maximum Gasteiger partial charge on any atom is 0.224 e. The molecule has 4 aromatic rings. The summed E-state index contributed by atoms with van der Waals surface area (Å²) in [6, 6.07) is 37.6. The Bertz CT molecular complexity index is 1130. The van der Waals surface area contributed by atoms with Gasteiger partial charge < -0.3 is 9.47 Å². The number of methoxy groups -OCH3 is 1. The van der Waals surface area contributed by atoms with Crippen LogP contribution in [-0.4, -0.2) is 7.11 Å². The van der Waals surface area contributed by atoms with Gasteiger partial charge in [0.2, 0.25) is 5.79 Å². The zero-order chi connectivity index (χ0) is 20.6. The molecule has 1 atom stereocenters. The summed E-state index contributed by atoms with van der Waals surface area (Å²) in [5, 5.41) is 0. The molecule has 0 spiro atoms. The van der Waals surface area contributed by atoms with Gasteiger partial charge in [0.1, 0.15) is 5.60 Å². The third kappa shape index (κ3) is 2.58. The third-order valence-electron chi connectivity index (χ3n) is 6.11. The second kappa shape index (κ2) is 7.24. The Morgan fingerprint density at radius 3 is 1.57 bits per heavy atom. The fourth-order valence-corrected chi connectivity index (χ4v) is 4.75. The van der Waals surface area contributed by atoms with E-state index in [1.807, 2.05) is 24.3 Å². The molecule has 0 aromatic heterocycles. The molecule has 0 fully saturated rings. The summed E-state index contributed by atoms with van der Waals surface area (Å²) in [4.78, 5) is 0. The van der Waals surface area contributed by atoms with Crippen molar-refractivity contribution in [3.63, 3.8) is 0 Å². The van der Waals surface area contributed by atoms with E-state index in [0.717, 1.165) is 33.4 Å². The highest BCUT2D eigenvalue weighted by molar-refractivity contribution is 5.57. The number of hydrogen-bond acceptors (Lipinski definition) is 2. The summed E-state index contributed by atoms with van der Waals surface area (Å²) in [5.41, 5.74) is 5.67. The molecule has 0 bridgehead atoms. The van der Waals surface area contributed by atoms with Gasteiger partial charge in [0, 0.05) is 23.8 Å². The predicted octanol–water partition coefficient (Wildman–Crippen LogP) is 6.16. The Morgan fingerprint density at radius 2 is 1.03 bits per heavy atom. The molecular weight excluding hydrogens is 368 g/mol. The molecule has 1 aliphatic rings. The molecule has 1 unspecified atom stereocenters. The molecule has 0 aliphatic carbocycles. The van der Waals surface area contributed by atoms with Gasteiger partial charge in [-0.2, -0.15) is 0 Å². The van der Waals surface area contributed by atoms with Gasteiger partial charge >= 0.3 is 0 Å². The molecule has 5 rings (SSSR count). The summed E-state index contributed by atoms with van der Waals surface area (Å²) in [7, 11) is 1.73. The van der Waals surface area contributed by atoms with E-state index < -0.39 is 11.4 Å². The van der Waals surface area contributed by atoms with Crippen molar-refractivity contribution in [2.75, 3.05) is 7.11 Å². The van der Waals surface area contributed by atoms with Crippen LogP contribution in [0.1, 0.15) is 33.4 Å². The van der Waals surface area contributed by atoms with Gasteiger partial charge in [0.05, 0.1) is 0 Å². The van der Waals surface area contributed by atoms with E-state index >= 15 is 0 Å². The molecule has 0 saturated carbocycles. The number of hydrogen-bond donors (Lipinski definition) is 0. The molecule has 1 heterocycles. The number of rotatable bonds is 4. The molecule has 1 aliphatic heterocycles. The van der Waals surface area contributed by atoms with Crippen LogP contribution in [0.5, 0.6) is 0 Å². The second-order valence-electron chi connectivity index (χ2n) is 7.70. The first-order valence-electron chi connectivity index (χ1n) is 10.2. The molecule has 0 saturated heterocycles. The second-order valence-corrected chi connectivity index (χ2v) is 7.70. The topological polar surface area (TPSA) is 18.5 Å². The predicted molar refractivity (Wildman–Crippen MR) is 119 cm³/mol. The lowest BCUT2D eigenvalue weighted by molar-refractivity contribution is -0.226. The number of ether oxygens (including phenoxy) is 2. The van der Waals surface area contributed by atoms with Crippen LogP contribution in [0.2, 0.25) is 0 Å². The van der Waals surface area contributed by atoms with E-state index in [4.69, 9.17) is 9.47 Å². The van der Waals surface area contributed by atoms with Crippen LogP contribution in [0.3, 0.4) is 0 Å². The van der Waals surface area contributed by atoms with Crippen molar-refractivity contribution >= 4 is 0 Å². The van der Waals surface area contributed by atoms with E-state index in [9.17, 15) is 0 Å². The smallest absolute Gasteiger partial charge is 0.224 e. The van der Waals surface area contributed by atoms with Crippen LogP contribution < -0.4 is 0 Å². The number of benzene rings is 4. The molecule has 2 heteroatoms. The average Bonchev–Trinajstić information content (AvgIpc) is 3.13. The largest absolute Gasteiger partial charge is 0.345 e. The summed E-state index contributed by atoms with van der Waals surface area (Å²) in [5.74, 6) is -1.01. The van der Waals surface area contributed by atoms with E-state index in [0.29, 0.717) is 0 Å². The Hall–Kier alpha value is -3.20. The Balaban J connectivity index is 1.88. The van der Waals surface area contributed by atoms with Crippen LogP contribution in [0.4, 0.5) is 0 Å². The fraction of sp³-hybridized carbons (Fsp3) is 0.143. The van der Waals surface area contributed by atoms with Gasteiger partial charge in [-0.15, -0.1) is 0 Å². The third-order valence-corrected chi connectivity index (χ3v) is 6.11. The van der Waals surface area contributed by atoms with Gasteiger partial charge in [0.15, 0.2) is 0 Å². The Kier molecular flexibility index (Phi) is 4.54. The zero-order valence-corrected chi connectivity index (χ0v) is 17.2. The maximum absolute atomic E-state index is 7.17. The first-order valence-corrected chi connectivity index (χ1v) is 10.2. The number of fused-ring (bicyclic) bond motifs is 1. The van der Waals surface area contributed by atoms with Crippen molar-refractivity contribution in [2.24, 2.45) is 0 Å². The van der Waals surface area contributed by atoms with E-state index in [1.165, 1.54) is 0 Å². The lowest BCUT2D eigenvalue weighted by Crippen LogP contribution is -2.37. The lowest BCUT2D eigenvalue weighted by Gasteiger charge is -2.36. The molecular formula is C28H24O2. The maximum atomic E-state index is 7.17. The highest BCUT2D eigenvalue weighted by atomic mass is 16.7. The van der Waals surface area contributed by atoms with Crippen LogP contribution in [0.15, 0.2) is 109 Å². The molecule has 30 heavy (non-hydrogen) atoms. The summed E-state index contributed by atoms with van der Waals surface area (Å²) in [6.45, 7) is 2.10. The molecule has 2 nitrogen and oxygen atoms in total. The van der Waals surface area contributed by atoms with Gasteiger partial charge in [-0.3, -0.25) is 0 Å². The lowest BCUT2D eigenvalue weighted by atomic mass is 9.79. The highest BCUT2D eigenvalue weighted by Crippen LogP contribution is 2.56. The molecule has 4 aromatic carbocycles. The van der Waals surface area contributed by atoms with Crippen LogP contribution >= 0.6 is 0 Å². The Morgan fingerprint density at radius 1 is 0.567 bits per heavy atom. The standard InChI is InChI=1S/C28H24O2/c1-21-13-9-10-18-24(21)28(29-2)26-20-12-11-19-25(26)27(30-28,22-14-5-3-6-15-22)23-16-7-4-8-17-23/h3-20H,1-2H3. The van der Waals surface area contributed by atoms with E-state index in [2.05, 4.69) is 91.9 Å². The summed E-state index contributed by atoms with van der Waals surface area (Å²) in [6.07, 6.45) is 0. The summed E-state index contributed by atoms with van der Waals surface area (Å²) >= 11 is 0. The minimum absolute atomic E-state index is 0.780. The molecule has 0 radical (unpaired) electrons. The minimum Gasteiger partial charge on any atom is -0.345 e. The highest BCUT2D eigenvalue weighted by Gasteiger charge is 2.57. The molecule has 148 valence electrons. The molecule has 0 amide bonds. The van der Waals surface area contributed by atoms with Crippen LogP contribution in [-0.2, 0) is 20.9 Å². The summed E-state index contributed by atoms with van der Waals surface area (Å²) < 4.78 is 13.4. The quantitative estimate of drug-likeness (QED) is 0.414. The van der Waals surface area contributed by atoms with Crippen molar-refractivity contribution in [3.8, 4) is 0 Å². The van der Waals surface area contributed by atoms with Crippen LogP contribution in [0.25, 0.3) is 0 Å². The average molecular weight is 392 g/mol. The van der Waals surface area contributed by atoms with Crippen molar-refractivity contribution in [2.45, 2.75) is 18.3 Å². The normalized spacial score (nSPS) is 19.4. The monoisotopic (exact) mass is 392 g/mol. The van der Waals surface area contributed by atoms with E-state index in [1.54, 1.807) is 7.11 Å².